The lowest BCUT2D eigenvalue weighted by Crippen LogP contribution is -2.35. The highest BCUT2D eigenvalue weighted by atomic mass is 127. The van der Waals surface area contributed by atoms with E-state index < -0.39 is 0 Å². The van der Waals surface area contributed by atoms with Gasteiger partial charge in [-0.2, -0.15) is 5.26 Å². The number of piperidine rings is 1. The average Bonchev–Trinajstić information content (AvgIpc) is 2.71. The predicted octanol–water partition coefficient (Wildman–Crippen LogP) is 4.76. The van der Waals surface area contributed by atoms with E-state index in [2.05, 4.69) is 35.2 Å². The van der Waals surface area contributed by atoms with Crippen molar-refractivity contribution in [2.45, 2.75) is 25.3 Å². The van der Waals surface area contributed by atoms with Crippen LogP contribution < -0.4 is 0 Å². The number of esters is 1. The summed E-state index contributed by atoms with van der Waals surface area (Å²) < 4.78 is 5.34. The molecule has 1 fully saturated rings. The van der Waals surface area contributed by atoms with E-state index in [4.69, 9.17) is 4.74 Å². The third kappa shape index (κ3) is 5.30. The van der Waals surface area contributed by atoms with E-state index in [1.165, 1.54) is 5.56 Å². The number of benzene rings is 2. The molecule has 0 N–H and O–H groups in total. The minimum absolute atomic E-state index is 0.126. The minimum Gasteiger partial charge on any atom is -0.451 e. The maximum Gasteiger partial charge on any atom is 0.338 e. The van der Waals surface area contributed by atoms with Gasteiger partial charge >= 0.3 is 5.97 Å². The van der Waals surface area contributed by atoms with Gasteiger partial charge in [0.15, 0.2) is 0 Å². The largest absolute Gasteiger partial charge is 0.451 e. The summed E-state index contributed by atoms with van der Waals surface area (Å²) in [6.07, 6.45) is 2.04. The Kier molecular flexibility index (Phi) is 7.25. The number of likely N-dealkylation sites (tertiary alicyclic amines) is 1. The molecule has 140 valence electrons. The lowest BCUT2D eigenvalue weighted by atomic mass is 9.80. The molecule has 0 saturated carbocycles. The summed E-state index contributed by atoms with van der Waals surface area (Å²) in [5.74, 6) is -0.0913. The van der Waals surface area contributed by atoms with Crippen LogP contribution in [-0.2, 0) is 11.3 Å². The molecule has 3 rings (SSSR count). The molecule has 5 heteroatoms. The van der Waals surface area contributed by atoms with Gasteiger partial charge in [0.05, 0.1) is 17.6 Å². The maximum absolute atomic E-state index is 11.8. The van der Waals surface area contributed by atoms with E-state index in [0.29, 0.717) is 16.1 Å². The van der Waals surface area contributed by atoms with Crippen molar-refractivity contribution >= 4 is 28.6 Å². The van der Waals surface area contributed by atoms with Crippen LogP contribution in [0.2, 0.25) is 0 Å². The van der Waals surface area contributed by atoms with Gasteiger partial charge in [0.25, 0.3) is 0 Å². The van der Waals surface area contributed by atoms with E-state index in [-0.39, 0.29) is 11.9 Å². The number of alkyl halides is 1. The molecule has 1 heterocycles. The van der Waals surface area contributed by atoms with Crippen LogP contribution in [0.15, 0.2) is 54.6 Å². The Morgan fingerprint density at radius 1 is 1.15 bits per heavy atom. The molecule has 0 spiro atoms. The topological polar surface area (TPSA) is 53.3 Å². The van der Waals surface area contributed by atoms with Gasteiger partial charge in [-0.1, -0.05) is 42.5 Å². The molecule has 4 nitrogen and oxygen atoms in total. The molecular weight excluding hydrogens is 451 g/mol. The zero-order chi connectivity index (χ0) is 19.1. The quantitative estimate of drug-likeness (QED) is 0.345. The van der Waals surface area contributed by atoms with Crippen molar-refractivity contribution in [2.75, 3.05) is 17.7 Å². The molecular formula is C22H23IN2O2. The number of hydrogen-bond acceptors (Lipinski definition) is 4. The van der Waals surface area contributed by atoms with Crippen LogP contribution in [0.1, 0.15) is 40.2 Å². The molecule has 1 aliphatic heterocycles. The van der Waals surface area contributed by atoms with Crippen LogP contribution in [0.3, 0.4) is 0 Å². The van der Waals surface area contributed by atoms with Crippen LogP contribution in [0.4, 0.5) is 0 Å². The zero-order valence-electron chi connectivity index (χ0n) is 15.2. The Balaban J connectivity index is 1.59. The van der Waals surface area contributed by atoms with Crippen LogP contribution in [0.5, 0.6) is 0 Å². The van der Waals surface area contributed by atoms with Gasteiger partial charge in [-0.15, -0.1) is 0 Å². The number of nitrogens with zero attached hydrogens (tertiary/aromatic N) is 2. The molecule has 27 heavy (non-hydrogen) atoms. The van der Waals surface area contributed by atoms with Crippen molar-refractivity contribution in [3.05, 3.63) is 71.3 Å². The minimum atomic E-state index is -0.321. The zero-order valence-corrected chi connectivity index (χ0v) is 17.3. The van der Waals surface area contributed by atoms with Crippen LogP contribution >= 0.6 is 22.6 Å². The Bertz CT molecular complexity index is 778. The highest BCUT2D eigenvalue weighted by Crippen LogP contribution is 2.33. The van der Waals surface area contributed by atoms with Crippen LogP contribution in [0.25, 0.3) is 0 Å². The first kappa shape index (κ1) is 19.8. The fourth-order valence-electron chi connectivity index (χ4n) is 3.70. The molecule has 0 amide bonds. The number of nitriles is 1. The van der Waals surface area contributed by atoms with Gasteiger partial charge in [0.2, 0.25) is 0 Å². The number of hydrogen-bond donors (Lipinski definition) is 0. The summed E-state index contributed by atoms with van der Waals surface area (Å²) in [7, 11) is 0. The van der Waals surface area contributed by atoms with Crippen LogP contribution in [0, 0.1) is 17.2 Å². The first-order chi connectivity index (χ1) is 13.2. The van der Waals surface area contributed by atoms with Crippen molar-refractivity contribution in [3.63, 3.8) is 0 Å². The van der Waals surface area contributed by atoms with Crippen LogP contribution in [-0.4, -0.2) is 28.6 Å². The van der Waals surface area contributed by atoms with Crippen molar-refractivity contribution in [3.8, 4) is 6.07 Å². The Labute approximate surface area is 174 Å². The van der Waals surface area contributed by atoms with Gasteiger partial charge in [-0.25, -0.2) is 4.79 Å². The highest BCUT2D eigenvalue weighted by molar-refractivity contribution is 14.1. The highest BCUT2D eigenvalue weighted by Gasteiger charge is 2.27. The summed E-state index contributed by atoms with van der Waals surface area (Å²) in [6, 6.07) is 20.3. The number of carbonyl (C=O) groups is 1. The molecule has 2 aromatic rings. The normalized spacial score (nSPS) is 16.4. The Morgan fingerprint density at radius 2 is 1.81 bits per heavy atom. The van der Waals surface area contributed by atoms with Gasteiger partial charge in [-0.05, 0) is 77.7 Å². The second-order valence-corrected chi connectivity index (χ2v) is 7.49. The van der Waals surface area contributed by atoms with E-state index >= 15 is 0 Å². The van der Waals surface area contributed by atoms with Gasteiger partial charge in [0.1, 0.15) is 4.61 Å². The van der Waals surface area contributed by atoms with Crippen molar-refractivity contribution in [1.29, 1.82) is 5.26 Å². The molecule has 2 aromatic carbocycles. The summed E-state index contributed by atoms with van der Waals surface area (Å²) in [6.45, 7) is 2.99. The Hall–Kier alpha value is -1.91. The van der Waals surface area contributed by atoms with Gasteiger partial charge in [0, 0.05) is 6.54 Å². The van der Waals surface area contributed by atoms with Crippen molar-refractivity contribution in [2.24, 2.45) is 5.92 Å². The SMILES string of the molecule is N#CC(c1ccc(C(=O)OCI)cc1)C1CCN(Cc2ccccc2)CC1. The number of ether oxygens (including phenoxy) is 1. The molecule has 0 radical (unpaired) electrons. The third-order valence-corrected chi connectivity index (χ3v) is 5.49. The van der Waals surface area contributed by atoms with E-state index in [1.807, 2.05) is 40.8 Å². The number of halogens is 1. The molecule has 0 aromatic heterocycles. The van der Waals surface area contributed by atoms with Gasteiger partial charge in [-0.3, -0.25) is 4.90 Å². The average molecular weight is 474 g/mol. The molecule has 0 bridgehead atoms. The lowest BCUT2D eigenvalue weighted by molar-refractivity contribution is 0.0590. The van der Waals surface area contributed by atoms with Gasteiger partial charge < -0.3 is 4.74 Å². The first-order valence-corrected chi connectivity index (χ1v) is 10.7. The van der Waals surface area contributed by atoms with Crippen molar-refractivity contribution < 1.29 is 9.53 Å². The fraction of sp³-hybridized carbons (Fsp3) is 0.364. The van der Waals surface area contributed by atoms with Crippen molar-refractivity contribution in [1.82, 2.24) is 4.90 Å². The predicted molar refractivity (Wildman–Crippen MR) is 114 cm³/mol. The molecule has 1 aliphatic rings. The lowest BCUT2D eigenvalue weighted by Gasteiger charge is -2.34. The molecule has 1 atom stereocenters. The second-order valence-electron chi connectivity index (χ2n) is 6.87. The summed E-state index contributed by atoms with van der Waals surface area (Å²) >= 11 is 2.00. The van der Waals surface area contributed by atoms with E-state index in [0.717, 1.165) is 38.0 Å². The number of rotatable bonds is 6. The smallest absolute Gasteiger partial charge is 0.338 e. The molecule has 1 saturated heterocycles. The first-order valence-electron chi connectivity index (χ1n) is 9.20. The summed E-state index contributed by atoms with van der Waals surface area (Å²) in [5.41, 5.74) is 2.86. The maximum atomic E-state index is 11.8. The number of carbonyl (C=O) groups excluding carboxylic acids is 1. The fourth-order valence-corrected chi connectivity index (χ4v) is 3.98. The summed E-state index contributed by atoms with van der Waals surface area (Å²) in [4.78, 5) is 14.2. The third-order valence-electron chi connectivity index (χ3n) is 5.18. The summed E-state index contributed by atoms with van der Waals surface area (Å²) in [5, 5.41) is 9.74. The standard InChI is InChI=1S/C22H23IN2O2/c23-16-27-22(26)20-8-6-18(7-9-20)21(14-24)19-10-12-25(13-11-19)15-17-4-2-1-3-5-17/h1-9,19,21H,10-13,15-16H2. The monoisotopic (exact) mass is 474 g/mol. The van der Waals surface area contributed by atoms with E-state index in [1.54, 1.807) is 12.1 Å². The second kappa shape index (κ2) is 9.86. The van der Waals surface area contributed by atoms with E-state index in [9.17, 15) is 10.1 Å². The Morgan fingerprint density at radius 3 is 2.41 bits per heavy atom. The molecule has 0 aliphatic carbocycles. The molecule has 1 unspecified atom stereocenters.